The van der Waals surface area contributed by atoms with Crippen molar-refractivity contribution in [2.45, 2.75) is 12.5 Å². The molecule has 1 aliphatic rings. The predicted molar refractivity (Wildman–Crippen MR) is 120 cm³/mol. The number of hydrogen-bond donors (Lipinski definition) is 1. The van der Waals surface area contributed by atoms with E-state index in [-0.39, 0.29) is 11.9 Å². The molecule has 4 aromatic rings. The Balaban J connectivity index is 1.65. The normalized spacial score (nSPS) is 16.1. The third-order valence-corrected chi connectivity index (χ3v) is 6.35. The number of nitrogens with zero attached hydrogens (tertiary/aromatic N) is 1. The number of fused-ring (bicyclic) bond motifs is 3. The molecule has 0 bridgehead atoms. The van der Waals surface area contributed by atoms with E-state index in [0.29, 0.717) is 17.1 Å². The molecule has 1 aliphatic heterocycles. The molecule has 1 N–H and O–H groups in total. The Morgan fingerprint density at radius 2 is 1.72 bits per heavy atom. The van der Waals surface area contributed by atoms with E-state index in [1.54, 1.807) is 0 Å². The van der Waals surface area contributed by atoms with Crippen LogP contribution in [0.2, 0.25) is 5.02 Å². The lowest BCUT2D eigenvalue weighted by molar-refractivity contribution is 0.0692. The topological polar surface area (TPSA) is 36.1 Å². The fourth-order valence-electron chi connectivity index (χ4n) is 4.21. The summed E-state index contributed by atoms with van der Waals surface area (Å²) in [4.78, 5) is 19.0. The fourth-order valence-corrected chi connectivity index (χ4v) is 4.60. The fraction of sp³-hybridized carbons (Fsp3) is 0.125. The highest BCUT2D eigenvalue weighted by molar-refractivity contribution is 9.10. The van der Waals surface area contributed by atoms with Gasteiger partial charge in [0.05, 0.1) is 6.04 Å². The maximum Gasteiger partial charge on any atom is 0.254 e. The smallest absolute Gasteiger partial charge is 0.254 e. The second-order valence-electron chi connectivity index (χ2n) is 7.27. The van der Waals surface area contributed by atoms with Crippen molar-refractivity contribution in [2.75, 3.05) is 6.54 Å². The number of rotatable bonds is 2. The van der Waals surface area contributed by atoms with Gasteiger partial charge in [-0.3, -0.25) is 4.79 Å². The monoisotopic (exact) mass is 464 g/mol. The van der Waals surface area contributed by atoms with Crippen LogP contribution in [-0.4, -0.2) is 22.3 Å². The Morgan fingerprint density at radius 3 is 2.48 bits per heavy atom. The molecule has 0 spiro atoms. The van der Waals surface area contributed by atoms with Gasteiger partial charge in [-0.05, 0) is 60.0 Å². The average Bonchev–Trinajstić information content (AvgIpc) is 3.12. The molecule has 0 radical (unpaired) electrons. The van der Waals surface area contributed by atoms with Crippen LogP contribution >= 0.6 is 27.5 Å². The Bertz CT molecular complexity index is 1200. The Hall–Kier alpha value is -2.56. The lowest BCUT2D eigenvalue weighted by Gasteiger charge is -2.36. The predicted octanol–water partition coefficient (Wildman–Crippen LogP) is 6.37. The highest BCUT2D eigenvalue weighted by Crippen LogP contribution is 2.39. The quantitative estimate of drug-likeness (QED) is 0.367. The van der Waals surface area contributed by atoms with Crippen molar-refractivity contribution in [2.24, 2.45) is 0 Å². The number of H-pyrrole nitrogens is 1. The summed E-state index contributed by atoms with van der Waals surface area (Å²) < 4.78 is 0.958. The van der Waals surface area contributed by atoms with Crippen LogP contribution in [0.3, 0.4) is 0 Å². The number of aromatic nitrogens is 1. The molecule has 0 saturated heterocycles. The van der Waals surface area contributed by atoms with E-state index in [4.69, 9.17) is 11.6 Å². The van der Waals surface area contributed by atoms with Crippen molar-refractivity contribution in [3.63, 3.8) is 0 Å². The SMILES string of the molecule is O=C(c1ccc(Br)cc1)N1CCc2c([nH]c3ccccc23)[C@@H]1c1ccc(Cl)cc1. The van der Waals surface area contributed by atoms with Gasteiger partial charge in [0.1, 0.15) is 0 Å². The Labute approximate surface area is 182 Å². The molecule has 5 rings (SSSR count). The summed E-state index contributed by atoms with van der Waals surface area (Å²) in [6.07, 6.45) is 0.825. The van der Waals surface area contributed by atoms with Crippen LogP contribution in [0.4, 0.5) is 0 Å². The third kappa shape index (κ3) is 3.26. The van der Waals surface area contributed by atoms with Gasteiger partial charge < -0.3 is 9.88 Å². The first kappa shape index (κ1) is 18.5. The van der Waals surface area contributed by atoms with E-state index in [1.807, 2.05) is 59.5 Å². The lowest BCUT2D eigenvalue weighted by atomic mass is 9.91. The van der Waals surface area contributed by atoms with Gasteiger partial charge in [-0.25, -0.2) is 0 Å². The summed E-state index contributed by atoms with van der Waals surface area (Å²) >= 11 is 9.58. The van der Waals surface area contributed by atoms with Crippen LogP contribution in [0, 0.1) is 0 Å². The van der Waals surface area contributed by atoms with Crippen LogP contribution in [-0.2, 0) is 6.42 Å². The number of carbonyl (C=O) groups excluding carboxylic acids is 1. The van der Waals surface area contributed by atoms with Gasteiger partial charge >= 0.3 is 0 Å². The highest BCUT2D eigenvalue weighted by Gasteiger charge is 2.34. The summed E-state index contributed by atoms with van der Waals surface area (Å²) in [5, 5.41) is 1.92. The minimum Gasteiger partial charge on any atom is -0.356 e. The van der Waals surface area contributed by atoms with Crippen molar-refractivity contribution in [1.29, 1.82) is 0 Å². The zero-order chi connectivity index (χ0) is 20.0. The largest absolute Gasteiger partial charge is 0.356 e. The summed E-state index contributed by atoms with van der Waals surface area (Å²) in [6, 6.07) is 23.5. The zero-order valence-corrected chi connectivity index (χ0v) is 17.9. The van der Waals surface area contributed by atoms with Crippen molar-refractivity contribution < 1.29 is 4.79 Å². The molecular formula is C24H18BrClN2O. The molecule has 2 heterocycles. The van der Waals surface area contributed by atoms with E-state index in [0.717, 1.165) is 27.7 Å². The van der Waals surface area contributed by atoms with Gasteiger partial charge in [0.25, 0.3) is 5.91 Å². The number of nitrogens with one attached hydrogen (secondary N) is 1. The van der Waals surface area contributed by atoms with Crippen LogP contribution in [0.5, 0.6) is 0 Å². The van der Waals surface area contributed by atoms with Crippen molar-refractivity contribution in [1.82, 2.24) is 9.88 Å². The Morgan fingerprint density at radius 1 is 1.00 bits per heavy atom. The van der Waals surface area contributed by atoms with Crippen molar-refractivity contribution in [3.05, 3.63) is 105 Å². The van der Waals surface area contributed by atoms with Gasteiger partial charge in [-0.15, -0.1) is 0 Å². The first-order valence-electron chi connectivity index (χ1n) is 9.53. The number of amides is 1. The maximum absolute atomic E-state index is 13.5. The molecule has 1 atom stereocenters. The molecule has 0 aliphatic carbocycles. The lowest BCUT2D eigenvalue weighted by Crippen LogP contribution is -2.40. The standard InChI is InChI=1S/C24H18BrClN2O/c25-17-9-5-16(6-10-17)24(29)28-14-13-20-19-3-1-2-4-21(19)27-22(20)23(28)15-7-11-18(26)12-8-15/h1-12,23,27H,13-14H2/t23-/m0/s1. The van der Waals surface area contributed by atoms with Gasteiger partial charge in [-0.2, -0.15) is 0 Å². The summed E-state index contributed by atoms with van der Waals surface area (Å²) in [6.45, 7) is 0.664. The van der Waals surface area contributed by atoms with Crippen molar-refractivity contribution in [3.8, 4) is 0 Å². The van der Waals surface area contributed by atoms with Crippen LogP contribution in [0.25, 0.3) is 10.9 Å². The number of para-hydroxylation sites is 1. The van der Waals surface area contributed by atoms with Crippen LogP contribution in [0.15, 0.2) is 77.3 Å². The van der Waals surface area contributed by atoms with Crippen LogP contribution < -0.4 is 0 Å². The maximum atomic E-state index is 13.5. The summed E-state index contributed by atoms with van der Waals surface area (Å²) in [5.74, 6) is 0.0294. The molecule has 1 aromatic heterocycles. The minimum absolute atomic E-state index is 0.0294. The molecule has 0 saturated carbocycles. The van der Waals surface area contributed by atoms with Gasteiger partial charge in [0.2, 0.25) is 0 Å². The van der Waals surface area contributed by atoms with E-state index in [9.17, 15) is 4.79 Å². The molecule has 144 valence electrons. The number of carbonyl (C=O) groups is 1. The zero-order valence-electron chi connectivity index (χ0n) is 15.5. The van der Waals surface area contributed by atoms with E-state index >= 15 is 0 Å². The van der Waals surface area contributed by atoms with E-state index in [1.165, 1.54) is 10.9 Å². The molecule has 0 unspecified atom stereocenters. The van der Waals surface area contributed by atoms with E-state index in [2.05, 4.69) is 39.1 Å². The number of halogens is 2. The second-order valence-corrected chi connectivity index (χ2v) is 8.62. The summed E-state index contributed by atoms with van der Waals surface area (Å²) in [7, 11) is 0. The van der Waals surface area contributed by atoms with Gasteiger partial charge in [-0.1, -0.05) is 57.9 Å². The molecule has 1 amide bonds. The number of aromatic amines is 1. The van der Waals surface area contributed by atoms with Crippen molar-refractivity contribution >= 4 is 44.3 Å². The third-order valence-electron chi connectivity index (χ3n) is 5.57. The number of benzene rings is 3. The first-order valence-corrected chi connectivity index (χ1v) is 10.7. The second kappa shape index (κ2) is 7.36. The molecule has 29 heavy (non-hydrogen) atoms. The minimum atomic E-state index is -0.181. The molecule has 3 aromatic carbocycles. The van der Waals surface area contributed by atoms with Gasteiger partial charge in [0, 0.05) is 38.2 Å². The Kier molecular flexibility index (Phi) is 4.69. The van der Waals surface area contributed by atoms with Gasteiger partial charge in [0.15, 0.2) is 0 Å². The highest BCUT2D eigenvalue weighted by atomic mass is 79.9. The molecular weight excluding hydrogens is 448 g/mol. The first-order chi connectivity index (χ1) is 14.1. The van der Waals surface area contributed by atoms with E-state index < -0.39 is 0 Å². The molecule has 5 heteroatoms. The summed E-state index contributed by atoms with van der Waals surface area (Å²) in [5.41, 5.74) is 5.22. The molecule has 3 nitrogen and oxygen atoms in total. The number of hydrogen-bond acceptors (Lipinski definition) is 1. The van der Waals surface area contributed by atoms with Crippen LogP contribution in [0.1, 0.15) is 33.2 Å². The molecule has 0 fully saturated rings. The average molecular weight is 466 g/mol.